The van der Waals surface area contributed by atoms with Crippen LogP contribution in [0.1, 0.15) is 29.9 Å². The minimum atomic E-state index is -0.321. The van der Waals surface area contributed by atoms with Crippen LogP contribution in [0.3, 0.4) is 0 Å². The molecule has 0 unspecified atom stereocenters. The molecular weight excluding hydrogens is 605 g/mol. The summed E-state index contributed by atoms with van der Waals surface area (Å²) in [7, 11) is 0. The van der Waals surface area contributed by atoms with E-state index in [1.165, 1.54) is 15.6 Å². The van der Waals surface area contributed by atoms with E-state index in [9.17, 15) is 0 Å². The maximum Gasteiger partial charge on any atom is 0.160 e. The number of thiophene rings is 1. The molecular formula is C44H34N2OS. The maximum absolute atomic E-state index is 6.76. The predicted molar refractivity (Wildman–Crippen MR) is 201 cm³/mol. The van der Waals surface area contributed by atoms with Gasteiger partial charge in [-0.05, 0) is 59.3 Å². The molecule has 1 aliphatic rings. The summed E-state index contributed by atoms with van der Waals surface area (Å²) >= 11 is 1.78. The molecule has 0 radical (unpaired) electrons. The summed E-state index contributed by atoms with van der Waals surface area (Å²) < 4.78 is 8.02. The molecule has 0 amide bonds. The van der Waals surface area contributed by atoms with Crippen LogP contribution in [0.4, 0.5) is 0 Å². The quantitative estimate of drug-likeness (QED) is 0.182. The molecule has 0 atom stereocenters. The zero-order valence-corrected chi connectivity index (χ0v) is 28.0. The minimum Gasteiger partial charge on any atom is -0.455 e. The van der Waals surface area contributed by atoms with Gasteiger partial charge >= 0.3 is 0 Å². The average Bonchev–Trinajstić information content (AvgIpc) is 3.47. The zero-order valence-electron chi connectivity index (χ0n) is 27.2. The number of nitrogens with zero attached hydrogens (tertiary/aromatic N) is 2. The van der Waals surface area contributed by atoms with Gasteiger partial charge in [0.1, 0.15) is 11.5 Å². The van der Waals surface area contributed by atoms with E-state index >= 15 is 0 Å². The summed E-state index contributed by atoms with van der Waals surface area (Å²) in [5.74, 6) is 2.48. The van der Waals surface area contributed by atoms with Gasteiger partial charge in [0.25, 0.3) is 0 Å². The second-order valence-electron chi connectivity index (χ2n) is 12.7. The fraction of sp³-hybridized carbons (Fsp3) is 0.0909. The molecule has 3 heterocycles. The van der Waals surface area contributed by atoms with Crippen molar-refractivity contribution >= 4 is 27.2 Å². The average molecular weight is 639 g/mol. The van der Waals surface area contributed by atoms with Crippen molar-refractivity contribution in [3.05, 3.63) is 168 Å². The first-order chi connectivity index (χ1) is 23.4. The normalized spacial score (nSPS) is 13.6. The molecule has 3 nitrogen and oxygen atoms in total. The van der Waals surface area contributed by atoms with E-state index in [0.29, 0.717) is 5.82 Å². The van der Waals surface area contributed by atoms with Crippen molar-refractivity contribution < 1.29 is 4.74 Å². The van der Waals surface area contributed by atoms with E-state index in [0.717, 1.165) is 66.7 Å². The highest BCUT2D eigenvalue weighted by atomic mass is 32.1. The Balaban J connectivity index is 1.20. The van der Waals surface area contributed by atoms with Gasteiger partial charge in [0.05, 0.1) is 16.3 Å². The van der Waals surface area contributed by atoms with Gasteiger partial charge in [-0.25, -0.2) is 9.97 Å². The van der Waals surface area contributed by atoms with Crippen LogP contribution in [0.15, 0.2) is 152 Å². The standard InChI is InChI=1S/C44H34N2OS/c1-5-35-41(42-28(2)34-21-12-13-22-40(34)48-42)47-39-24-23-32(26-36(39)44(35,3)4)31-19-14-20-33(25-31)43-45-37(29-15-8-6-9-16-29)27-38(46-43)30-17-10-7-11-18-30/h5-27H,1H2,2-4H3. The van der Waals surface area contributed by atoms with E-state index in [1.54, 1.807) is 11.3 Å². The topological polar surface area (TPSA) is 35.0 Å². The van der Waals surface area contributed by atoms with Crippen molar-refractivity contribution in [2.75, 3.05) is 0 Å². The zero-order chi connectivity index (χ0) is 32.8. The molecule has 0 spiro atoms. The van der Waals surface area contributed by atoms with Gasteiger partial charge < -0.3 is 4.74 Å². The van der Waals surface area contributed by atoms with Crippen LogP contribution in [0.5, 0.6) is 5.75 Å². The number of hydrogen-bond donors (Lipinski definition) is 0. The number of benzene rings is 5. The Morgan fingerprint density at radius 3 is 1.92 bits per heavy atom. The molecule has 0 N–H and O–H groups in total. The Hall–Kier alpha value is -5.58. The van der Waals surface area contributed by atoms with E-state index in [4.69, 9.17) is 14.7 Å². The molecule has 4 heteroatoms. The summed E-state index contributed by atoms with van der Waals surface area (Å²) in [6.45, 7) is 11.0. The van der Waals surface area contributed by atoms with Gasteiger partial charge in [0.2, 0.25) is 0 Å². The first-order valence-electron chi connectivity index (χ1n) is 16.2. The van der Waals surface area contributed by atoms with Crippen LogP contribution in [-0.4, -0.2) is 9.97 Å². The number of rotatable bonds is 6. The highest BCUT2D eigenvalue weighted by molar-refractivity contribution is 7.20. The van der Waals surface area contributed by atoms with Crippen molar-refractivity contribution in [2.45, 2.75) is 26.2 Å². The Morgan fingerprint density at radius 2 is 1.25 bits per heavy atom. The van der Waals surface area contributed by atoms with Gasteiger partial charge in [0, 0.05) is 37.9 Å². The lowest BCUT2D eigenvalue weighted by Crippen LogP contribution is -2.26. The highest BCUT2D eigenvalue weighted by Crippen LogP contribution is 2.50. The minimum absolute atomic E-state index is 0.321. The smallest absolute Gasteiger partial charge is 0.160 e. The number of fused-ring (bicyclic) bond motifs is 2. The van der Waals surface area contributed by atoms with E-state index in [1.807, 2.05) is 42.5 Å². The highest BCUT2D eigenvalue weighted by Gasteiger charge is 2.37. The molecule has 232 valence electrons. The molecule has 0 fully saturated rings. The summed E-state index contributed by atoms with van der Waals surface area (Å²) in [5.41, 5.74) is 10.2. The van der Waals surface area contributed by atoms with Crippen molar-refractivity contribution in [2.24, 2.45) is 0 Å². The third-order valence-corrected chi connectivity index (χ3v) is 10.6. The van der Waals surface area contributed by atoms with Crippen molar-refractivity contribution in [3.63, 3.8) is 0 Å². The molecule has 48 heavy (non-hydrogen) atoms. The van der Waals surface area contributed by atoms with Crippen LogP contribution < -0.4 is 4.74 Å². The van der Waals surface area contributed by atoms with Crippen LogP contribution in [0, 0.1) is 6.92 Å². The summed E-state index contributed by atoms with van der Waals surface area (Å²) in [6.07, 6.45) is 1.97. The monoisotopic (exact) mass is 638 g/mol. The summed E-state index contributed by atoms with van der Waals surface area (Å²) in [4.78, 5) is 11.3. The van der Waals surface area contributed by atoms with E-state index in [2.05, 4.69) is 124 Å². The third-order valence-electron chi connectivity index (χ3n) is 9.36. The van der Waals surface area contributed by atoms with Crippen molar-refractivity contribution in [3.8, 4) is 50.8 Å². The maximum atomic E-state index is 6.76. The molecule has 8 rings (SSSR count). The van der Waals surface area contributed by atoms with Crippen LogP contribution >= 0.6 is 11.3 Å². The van der Waals surface area contributed by atoms with Gasteiger partial charge in [-0.15, -0.1) is 11.3 Å². The first-order valence-corrected chi connectivity index (χ1v) is 17.0. The number of allylic oxidation sites excluding steroid dienone is 2. The Bertz CT molecular complexity index is 2310. The lowest BCUT2D eigenvalue weighted by molar-refractivity contribution is 0.451. The SMILES string of the molecule is C=CC1=C(c2sc3ccccc3c2C)Oc2ccc(-c3cccc(-c4nc(-c5ccccc5)cc(-c5ccccc5)n4)c3)cc2C1(C)C. The Morgan fingerprint density at radius 1 is 0.646 bits per heavy atom. The van der Waals surface area contributed by atoms with Gasteiger partial charge in [-0.1, -0.05) is 130 Å². The van der Waals surface area contributed by atoms with Crippen molar-refractivity contribution in [1.82, 2.24) is 9.97 Å². The fourth-order valence-electron chi connectivity index (χ4n) is 6.72. The summed E-state index contributed by atoms with van der Waals surface area (Å²) in [5, 5.41) is 1.27. The number of hydrogen-bond acceptors (Lipinski definition) is 4. The van der Waals surface area contributed by atoms with Gasteiger partial charge in [0.15, 0.2) is 5.82 Å². The largest absolute Gasteiger partial charge is 0.455 e. The second-order valence-corrected chi connectivity index (χ2v) is 13.8. The fourth-order valence-corrected chi connectivity index (χ4v) is 7.92. The van der Waals surface area contributed by atoms with Gasteiger partial charge in [-0.3, -0.25) is 0 Å². The molecule has 1 aliphatic heterocycles. The van der Waals surface area contributed by atoms with E-state index in [-0.39, 0.29) is 5.41 Å². The molecule has 2 aromatic heterocycles. The molecule has 7 aromatic rings. The molecule has 0 saturated heterocycles. The first kappa shape index (κ1) is 29.8. The third kappa shape index (κ3) is 5.15. The number of aryl methyl sites for hydroxylation is 1. The van der Waals surface area contributed by atoms with Crippen LogP contribution in [0.25, 0.3) is 60.9 Å². The molecule has 0 aliphatic carbocycles. The number of aromatic nitrogens is 2. The lowest BCUT2D eigenvalue weighted by Gasteiger charge is -2.36. The number of ether oxygens (including phenoxy) is 1. The Kier molecular flexibility index (Phi) is 7.39. The van der Waals surface area contributed by atoms with Crippen LogP contribution in [-0.2, 0) is 5.41 Å². The molecule has 0 bridgehead atoms. The summed E-state index contributed by atoms with van der Waals surface area (Å²) in [6, 6.07) is 46.3. The second kappa shape index (κ2) is 11.9. The molecule has 0 saturated carbocycles. The lowest BCUT2D eigenvalue weighted by atomic mass is 9.74. The van der Waals surface area contributed by atoms with Crippen molar-refractivity contribution in [1.29, 1.82) is 0 Å². The predicted octanol–water partition coefficient (Wildman–Crippen LogP) is 11.9. The van der Waals surface area contributed by atoms with E-state index < -0.39 is 0 Å². The molecule has 5 aromatic carbocycles. The van der Waals surface area contributed by atoms with Crippen LogP contribution in [0.2, 0.25) is 0 Å². The van der Waals surface area contributed by atoms with Gasteiger partial charge in [-0.2, -0.15) is 0 Å². The Labute approximate surface area is 285 Å².